The van der Waals surface area contributed by atoms with Crippen molar-refractivity contribution in [3.63, 3.8) is 0 Å². The fourth-order valence-corrected chi connectivity index (χ4v) is 7.20. The van der Waals surface area contributed by atoms with Gasteiger partial charge in [0.2, 0.25) is 11.8 Å². The number of hydrogen-bond acceptors (Lipinski definition) is 9. The van der Waals surface area contributed by atoms with Gasteiger partial charge in [-0.1, -0.05) is 38.1 Å². The highest BCUT2D eigenvalue weighted by molar-refractivity contribution is 7.92. The third-order valence-electron chi connectivity index (χ3n) is 9.25. The molecule has 1 N–H and O–H groups in total. The van der Waals surface area contributed by atoms with Gasteiger partial charge in [0.15, 0.2) is 0 Å². The van der Waals surface area contributed by atoms with E-state index in [1.165, 1.54) is 18.6 Å². The number of nitrogens with zero attached hydrogens (tertiary/aromatic N) is 6. The van der Waals surface area contributed by atoms with Crippen molar-refractivity contribution in [1.82, 2.24) is 24.8 Å². The Labute approximate surface area is 282 Å². The first kappa shape index (κ1) is 33.3. The molecule has 3 heterocycles. The summed E-state index contributed by atoms with van der Waals surface area (Å²) in [5.41, 5.74) is 4.25. The molecule has 1 saturated carbocycles. The monoisotopic (exact) mass is 669 g/mol. The quantitative estimate of drug-likeness (QED) is 0.234. The van der Waals surface area contributed by atoms with Crippen LogP contribution in [0.1, 0.15) is 73.1 Å². The lowest BCUT2D eigenvalue weighted by atomic mass is 9.92. The van der Waals surface area contributed by atoms with Gasteiger partial charge < -0.3 is 14.5 Å². The normalized spacial score (nSPS) is 17.8. The van der Waals surface area contributed by atoms with E-state index in [4.69, 9.17) is 9.72 Å². The first-order valence-electron chi connectivity index (χ1n) is 16.5. The molecule has 11 nitrogen and oxygen atoms in total. The fraction of sp³-hybridized carbons (Fsp3) is 0.417. The van der Waals surface area contributed by atoms with Gasteiger partial charge in [-0.15, -0.1) is 0 Å². The van der Waals surface area contributed by atoms with E-state index in [-0.39, 0.29) is 47.4 Å². The number of benzene rings is 2. The molecular weight excluding hydrogens is 627 g/mol. The number of rotatable bonds is 8. The van der Waals surface area contributed by atoms with Crippen molar-refractivity contribution in [3.05, 3.63) is 83.3 Å². The first-order valence-corrected chi connectivity index (χ1v) is 18.0. The van der Waals surface area contributed by atoms with Crippen molar-refractivity contribution in [3.8, 4) is 17.1 Å². The lowest BCUT2D eigenvalue weighted by molar-refractivity contribution is 0.0561. The maximum Gasteiger partial charge on any atom is 0.264 e. The first-order chi connectivity index (χ1) is 23.0. The predicted molar refractivity (Wildman–Crippen MR) is 185 cm³/mol. The highest BCUT2D eigenvalue weighted by atomic mass is 32.2. The molecule has 2 aromatic carbocycles. The second-order valence-electron chi connectivity index (χ2n) is 13.2. The van der Waals surface area contributed by atoms with Crippen LogP contribution in [-0.2, 0) is 16.6 Å². The number of aromatic nitrogens is 4. The van der Waals surface area contributed by atoms with Crippen molar-refractivity contribution in [2.24, 2.45) is 5.92 Å². The standard InChI is InChI=1S/C36H43N7O4S/c1-23(2)15-16-29-22-47-33-18-31(34-24(3)9-6-10-25(34)4)39-36(40-33)41-48(45,46)30-14-7-11-26(17-30)35(44)43(29)21-27-19-37-20-32(38-27)42(5)28-12-8-13-28/h6-7,9-11,14,17-20,23,28-29H,8,12-13,15-16,21-22H2,1-5H3,(H,39,40,41)/t29-/m1/s1. The van der Waals surface area contributed by atoms with Crippen molar-refractivity contribution >= 4 is 27.7 Å². The molecule has 0 saturated heterocycles. The van der Waals surface area contributed by atoms with E-state index in [1.54, 1.807) is 35.5 Å². The Morgan fingerprint density at radius 3 is 2.48 bits per heavy atom. The van der Waals surface area contributed by atoms with Crippen molar-refractivity contribution in [2.45, 2.75) is 83.3 Å². The summed E-state index contributed by atoms with van der Waals surface area (Å²) in [6, 6.07) is 13.8. The number of ether oxygens (including phenoxy) is 1. The van der Waals surface area contributed by atoms with Crippen molar-refractivity contribution in [2.75, 3.05) is 23.3 Å². The van der Waals surface area contributed by atoms with Crippen molar-refractivity contribution < 1.29 is 17.9 Å². The summed E-state index contributed by atoms with van der Waals surface area (Å²) in [5.74, 6) is 0.913. The van der Waals surface area contributed by atoms with E-state index in [1.807, 2.05) is 39.1 Å². The number of aryl methyl sites for hydroxylation is 2. The number of carbonyl (C=O) groups is 1. The maximum atomic E-state index is 14.4. The average Bonchev–Trinajstić information content (AvgIpc) is 3.02. The third kappa shape index (κ3) is 7.28. The minimum absolute atomic E-state index is 0.0706. The molecule has 1 amide bonds. The van der Waals surface area contributed by atoms with Crippen LogP contribution in [0.4, 0.5) is 11.8 Å². The highest BCUT2D eigenvalue weighted by Crippen LogP contribution is 2.31. The van der Waals surface area contributed by atoms with Gasteiger partial charge in [-0.3, -0.25) is 9.78 Å². The summed E-state index contributed by atoms with van der Waals surface area (Å²) < 4.78 is 36.3. The number of nitrogens with one attached hydrogen (secondary N) is 1. The molecule has 2 aromatic heterocycles. The Morgan fingerprint density at radius 2 is 1.77 bits per heavy atom. The molecular formula is C36H43N7O4S. The van der Waals surface area contributed by atoms with Crippen LogP contribution >= 0.6 is 0 Å². The number of hydrogen-bond donors (Lipinski definition) is 1. The van der Waals surface area contributed by atoms with E-state index < -0.39 is 10.0 Å². The summed E-state index contributed by atoms with van der Waals surface area (Å²) in [6.07, 6.45) is 8.36. The van der Waals surface area contributed by atoms with Crippen LogP contribution in [0.25, 0.3) is 11.3 Å². The number of anilines is 2. The van der Waals surface area contributed by atoms with Crippen LogP contribution in [0, 0.1) is 19.8 Å². The Hall–Kier alpha value is -4.58. The number of fused-ring (bicyclic) bond motifs is 4. The molecule has 0 unspecified atom stereocenters. The van der Waals surface area contributed by atoms with Gasteiger partial charge in [-0.25, -0.2) is 23.1 Å². The minimum Gasteiger partial charge on any atom is -0.475 e. The van der Waals surface area contributed by atoms with Crippen LogP contribution in [-0.4, -0.2) is 64.9 Å². The van der Waals surface area contributed by atoms with Crippen LogP contribution < -0.4 is 14.4 Å². The summed E-state index contributed by atoms with van der Waals surface area (Å²) in [5, 5.41) is 0. The van der Waals surface area contributed by atoms with Gasteiger partial charge in [0.25, 0.3) is 15.9 Å². The average molecular weight is 670 g/mol. The van der Waals surface area contributed by atoms with Crippen LogP contribution in [0.15, 0.2) is 65.8 Å². The fourth-order valence-electron chi connectivity index (χ4n) is 6.21. The SMILES string of the molecule is Cc1cccc(C)c1-c1cc2nc(n1)NS(=O)(=O)c1cccc(c1)C(=O)N(Cc1cncc(N(C)C3CCC3)n1)[C@H](CCC(C)C)CO2. The molecule has 1 aliphatic carbocycles. The predicted octanol–water partition coefficient (Wildman–Crippen LogP) is 6.18. The van der Waals surface area contributed by atoms with Gasteiger partial charge in [0.1, 0.15) is 12.4 Å². The largest absolute Gasteiger partial charge is 0.475 e. The minimum atomic E-state index is -4.16. The molecule has 252 valence electrons. The van der Waals surface area contributed by atoms with Crippen LogP contribution in [0.5, 0.6) is 5.88 Å². The Morgan fingerprint density at radius 1 is 1.02 bits per heavy atom. The van der Waals surface area contributed by atoms with E-state index in [9.17, 15) is 13.2 Å². The smallest absolute Gasteiger partial charge is 0.264 e. The van der Waals surface area contributed by atoms with Gasteiger partial charge in [0.05, 0.1) is 41.3 Å². The topological polar surface area (TPSA) is 131 Å². The van der Waals surface area contributed by atoms with Gasteiger partial charge in [-0.05, 0) is 81.2 Å². The molecule has 2 aliphatic rings. The number of sulfonamides is 1. The van der Waals surface area contributed by atoms with Gasteiger partial charge in [0, 0.05) is 30.3 Å². The molecule has 4 bridgehead atoms. The van der Waals surface area contributed by atoms with Crippen LogP contribution in [0.2, 0.25) is 0 Å². The van der Waals surface area contributed by atoms with E-state index >= 15 is 0 Å². The maximum absolute atomic E-state index is 14.4. The molecule has 0 spiro atoms. The summed E-state index contributed by atoms with van der Waals surface area (Å²) >= 11 is 0. The number of carbonyl (C=O) groups excluding carboxylic acids is 1. The zero-order valence-corrected chi connectivity index (χ0v) is 29.0. The van der Waals surface area contributed by atoms with Gasteiger partial charge in [-0.2, -0.15) is 4.98 Å². The van der Waals surface area contributed by atoms with E-state index in [0.717, 1.165) is 41.8 Å². The molecule has 1 atom stereocenters. The summed E-state index contributed by atoms with van der Waals surface area (Å²) in [7, 11) is -2.13. The summed E-state index contributed by atoms with van der Waals surface area (Å²) in [4.78, 5) is 36.8. The molecule has 6 rings (SSSR count). The zero-order valence-electron chi connectivity index (χ0n) is 28.2. The molecule has 12 heteroatoms. The van der Waals surface area contributed by atoms with E-state index in [0.29, 0.717) is 29.8 Å². The van der Waals surface area contributed by atoms with Crippen molar-refractivity contribution in [1.29, 1.82) is 0 Å². The zero-order chi connectivity index (χ0) is 34.0. The molecule has 1 aliphatic heterocycles. The summed E-state index contributed by atoms with van der Waals surface area (Å²) in [6.45, 7) is 8.55. The highest BCUT2D eigenvalue weighted by Gasteiger charge is 2.30. The molecule has 1 fully saturated rings. The molecule has 48 heavy (non-hydrogen) atoms. The van der Waals surface area contributed by atoms with Crippen LogP contribution in [0.3, 0.4) is 0 Å². The van der Waals surface area contributed by atoms with E-state index in [2.05, 4.69) is 38.4 Å². The lowest BCUT2D eigenvalue weighted by Crippen LogP contribution is -2.44. The Balaban J connectivity index is 1.44. The number of amides is 1. The second-order valence-corrected chi connectivity index (χ2v) is 14.9. The third-order valence-corrected chi connectivity index (χ3v) is 10.6. The lowest BCUT2D eigenvalue weighted by Gasteiger charge is -2.36. The second kappa shape index (κ2) is 13.9. The molecule has 4 aromatic rings. The Kier molecular flexibility index (Phi) is 9.63. The Bertz CT molecular complexity index is 1890. The van der Waals surface area contributed by atoms with Gasteiger partial charge >= 0.3 is 0 Å². The molecule has 0 radical (unpaired) electrons.